The van der Waals surface area contributed by atoms with Gasteiger partial charge in [-0.25, -0.2) is 4.79 Å². The van der Waals surface area contributed by atoms with Crippen LogP contribution in [0.1, 0.15) is 13.3 Å². The minimum Gasteiger partial charge on any atom is -0.334 e. The first-order valence-electron chi connectivity index (χ1n) is 6.19. The van der Waals surface area contributed by atoms with Crippen molar-refractivity contribution in [1.82, 2.24) is 15.5 Å². The molecule has 1 aliphatic heterocycles. The number of carbonyl (C=O) groups is 2. The van der Waals surface area contributed by atoms with Gasteiger partial charge in [0.25, 0.3) is 0 Å². The highest BCUT2D eigenvalue weighted by atomic mass is 16.2. The van der Waals surface area contributed by atoms with Crippen molar-refractivity contribution in [2.75, 3.05) is 26.2 Å². The van der Waals surface area contributed by atoms with Crippen molar-refractivity contribution in [3.63, 3.8) is 0 Å². The summed E-state index contributed by atoms with van der Waals surface area (Å²) in [5, 5.41) is 4.77. The molecule has 18 heavy (non-hydrogen) atoms. The Bertz CT molecular complexity index is 319. The lowest BCUT2D eigenvalue weighted by Crippen LogP contribution is -2.50. The second-order valence-corrected chi connectivity index (χ2v) is 4.71. The van der Waals surface area contributed by atoms with Gasteiger partial charge in [-0.15, -0.1) is 6.58 Å². The van der Waals surface area contributed by atoms with Gasteiger partial charge in [0.1, 0.15) is 0 Å². The molecule has 0 radical (unpaired) electrons. The number of nitrogens with zero attached hydrogens (tertiary/aromatic N) is 1. The van der Waals surface area contributed by atoms with E-state index < -0.39 is 6.03 Å². The SMILES string of the molecule is C=CCNC(=O)NC(=O)CN1CCC(N)C(C)C1. The molecule has 1 rings (SSSR count). The van der Waals surface area contributed by atoms with Gasteiger partial charge in [0.2, 0.25) is 5.91 Å². The maximum absolute atomic E-state index is 11.6. The summed E-state index contributed by atoms with van der Waals surface area (Å²) in [6, 6.07) is -0.276. The van der Waals surface area contributed by atoms with E-state index in [0.717, 1.165) is 19.5 Å². The molecule has 1 heterocycles. The Morgan fingerprint density at radius 1 is 1.56 bits per heavy atom. The number of hydrogen-bond donors (Lipinski definition) is 3. The molecule has 3 amide bonds. The maximum atomic E-state index is 11.6. The molecule has 0 aromatic heterocycles. The van der Waals surface area contributed by atoms with Crippen molar-refractivity contribution in [1.29, 1.82) is 0 Å². The summed E-state index contributed by atoms with van der Waals surface area (Å²) in [7, 11) is 0. The zero-order valence-corrected chi connectivity index (χ0v) is 10.8. The third-order valence-electron chi connectivity index (χ3n) is 3.08. The Morgan fingerprint density at radius 3 is 2.89 bits per heavy atom. The first-order chi connectivity index (χ1) is 8.52. The van der Waals surface area contributed by atoms with Crippen molar-refractivity contribution in [2.24, 2.45) is 11.7 Å². The second kappa shape index (κ2) is 7.13. The molecule has 6 nitrogen and oxygen atoms in total. The molecular formula is C12H22N4O2. The largest absolute Gasteiger partial charge is 0.334 e. The molecule has 1 saturated heterocycles. The molecule has 1 fully saturated rings. The third-order valence-corrected chi connectivity index (χ3v) is 3.08. The number of rotatable bonds is 4. The summed E-state index contributed by atoms with van der Waals surface area (Å²) in [5.41, 5.74) is 5.91. The first-order valence-corrected chi connectivity index (χ1v) is 6.19. The fraction of sp³-hybridized carbons (Fsp3) is 0.667. The highest BCUT2D eigenvalue weighted by Crippen LogP contribution is 2.14. The minimum atomic E-state index is -0.485. The summed E-state index contributed by atoms with van der Waals surface area (Å²) in [4.78, 5) is 24.9. The molecule has 2 atom stereocenters. The Kier molecular flexibility index (Phi) is 5.80. The fourth-order valence-electron chi connectivity index (χ4n) is 1.97. The molecule has 102 valence electrons. The number of carbonyl (C=O) groups excluding carboxylic acids is 2. The van der Waals surface area contributed by atoms with E-state index in [1.54, 1.807) is 6.08 Å². The normalized spacial score (nSPS) is 24.3. The van der Waals surface area contributed by atoms with Crippen LogP contribution in [0.15, 0.2) is 12.7 Å². The van der Waals surface area contributed by atoms with Crippen LogP contribution in [-0.2, 0) is 4.79 Å². The van der Waals surface area contributed by atoms with Gasteiger partial charge >= 0.3 is 6.03 Å². The van der Waals surface area contributed by atoms with Crippen LogP contribution in [0.25, 0.3) is 0 Å². The molecule has 0 bridgehead atoms. The molecule has 0 saturated carbocycles. The Hall–Kier alpha value is -1.40. The van der Waals surface area contributed by atoms with Crippen LogP contribution in [0.2, 0.25) is 0 Å². The van der Waals surface area contributed by atoms with Crippen molar-refractivity contribution >= 4 is 11.9 Å². The smallest absolute Gasteiger partial charge is 0.321 e. The van der Waals surface area contributed by atoms with Gasteiger partial charge in [0, 0.05) is 25.7 Å². The van der Waals surface area contributed by atoms with E-state index in [1.807, 2.05) is 4.90 Å². The third kappa shape index (κ3) is 4.85. The maximum Gasteiger partial charge on any atom is 0.321 e. The van der Waals surface area contributed by atoms with Gasteiger partial charge in [-0.2, -0.15) is 0 Å². The summed E-state index contributed by atoms with van der Waals surface area (Å²) in [5.74, 6) is 0.0837. The predicted octanol–water partition coefficient (Wildman–Crippen LogP) is -0.333. The molecule has 0 aromatic rings. The number of urea groups is 1. The summed E-state index contributed by atoms with van der Waals surface area (Å²) in [6.07, 6.45) is 2.44. The van der Waals surface area contributed by atoms with Crippen LogP contribution in [0, 0.1) is 5.92 Å². The number of amides is 3. The van der Waals surface area contributed by atoms with E-state index in [1.165, 1.54) is 0 Å². The highest BCUT2D eigenvalue weighted by molar-refractivity contribution is 5.95. The Labute approximate surface area is 108 Å². The standard InChI is InChI=1S/C12H22N4O2/c1-3-5-14-12(18)15-11(17)8-16-6-4-10(13)9(2)7-16/h3,9-10H,1,4-8,13H2,2H3,(H2,14,15,17,18). The summed E-state index contributed by atoms with van der Waals surface area (Å²) >= 11 is 0. The molecule has 0 spiro atoms. The number of nitrogens with two attached hydrogens (primary N) is 1. The molecular weight excluding hydrogens is 232 g/mol. The average Bonchev–Trinajstić information content (AvgIpc) is 2.31. The van der Waals surface area contributed by atoms with Gasteiger partial charge in [0.15, 0.2) is 0 Å². The summed E-state index contributed by atoms with van der Waals surface area (Å²) < 4.78 is 0. The highest BCUT2D eigenvalue weighted by Gasteiger charge is 2.24. The number of hydrogen-bond acceptors (Lipinski definition) is 4. The quantitative estimate of drug-likeness (QED) is 0.599. The topological polar surface area (TPSA) is 87.5 Å². The number of piperidine rings is 1. The van der Waals surface area contributed by atoms with Gasteiger partial charge in [-0.05, 0) is 12.3 Å². The van der Waals surface area contributed by atoms with Crippen LogP contribution < -0.4 is 16.4 Å². The lowest BCUT2D eigenvalue weighted by Gasteiger charge is -2.34. The lowest BCUT2D eigenvalue weighted by molar-refractivity contribution is -0.121. The van der Waals surface area contributed by atoms with Gasteiger partial charge < -0.3 is 11.1 Å². The molecule has 0 aliphatic carbocycles. The zero-order chi connectivity index (χ0) is 13.5. The fourth-order valence-corrected chi connectivity index (χ4v) is 1.97. The van der Waals surface area contributed by atoms with Crippen LogP contribution in [0.5, 0.6) is 0 Å². The van der Waals surface area contributed by atoms with E-state index in [0.29, 0.717) is 12.5 Å². The predicted molar refractivity (Wildman–Crippen MR) is 69.9 cm³/mol. The van der Waals surface area contributed by atoms with E-state index >= 15 is 0 Å². The van der Waals surface area contributed by atoms with Crippen LogP contribution >= 0.6 is 0 Å². The van der Waals surface area contributed by atoms with Gasteiger partial charge in [-0.1, -0.05) is 13.0 Å². The second-order valence-electron chi connectivity index (χ2n) is 4.71. The van der Waals surface area contributed by atoms with E-state index in [9.17, 15) is 9.59 Å². The Balaban J connectivity index is 2.27. The van der Waals surface area contributed by atoms with E-state index in [-0.39, 0.29) is 18.5 Å². The average molecular weight is 254 g/mol. The van der Waals surface area contributed by atoms with Crippen LogP contribution in [0.3, 0.4) is 0 Å². The molecule has 4 N–H and O–H groups in total. The minimum absolute atomic E-state index is 0.209. The molecule has 6 heteroatoms. The first kappa shape index (κ1) is 14.7. The number of imide groups is 1. The van der Waals surface area contributed by atoms with Gasteiger partial charge in [0.05, 0.1) is 6.54 Å². The van der Waals surface area contributed by atoms with Crippen molar-refractivity contribution < 1.29 is 9.59 Å². The van der Waals surface area contributed by atoms with Crippen LogP contribution in [0.4, 0.5) is 4.79 Å². The van der Waals surface area contributed by atoms with Crippen molar-refractivity contribution in [3.8, 4) is 0 Å². The number of likely N-dealkylation sites (tertiary alicyclic amines) is 1. The lowest BCUT2D eigenvalue weighted by atomic mass is 9.95. The van der Waals surface area contributed by atoms with Gasteiger partial charge in [-0.3, -0.25) is 15.0 Å². The van der Waals surface area contributed by atoms with Crippen molar-refractivity contribution in [3.05, 3.63) is 12.7 Å². The van der Waals surface area contributed by atoms with E-state index in [4.69, 9.17) is 5.73 Å². The monoisotopic (exact) mass is 254 g/mol. The number of nitrogens with one attached hydrogen (secondary N) is 2. The van der Waals surface area contributed by atoms with E-state index in [2.05, 4.69) is 24.1 Å². The molecule has 0 aromatic carbocycles. The molecule has 2 unspecified atom stereocenters. The van der Waals surface area contributed by atoms with Crippen molar-refractivity contribution in [2.45, 2.75) is 19.4 Å². The molecule has 1 aliphatic rings. The zero-order valence-electron chi connectivity index (χ0n) is 10.8. The summed E-state index contributed by atoms with van der Waals surface area (Å²) in [6.45, 7) is 7.72. The Morgan fingerprint density at radius 2 is 2.28 bits per heavy atom. The van der Waals surface area contributed by atoms with Crippen LogP contribution in [-0.4, -0.2) is 49.1 Å².